The minimum atomic E-state index is -4.17. The zero-order chi connectivity index (χ0) is 12.5. The van der Waals surface area contributed by atoms with Gasteiger partial charge in [0.25, 0.3) is 14.7 Å². The molecule has 0 fully saturated rings. The van der Waals surface area contributed by atoms with Crippen molar-refractivity contribution >= 4 is 25.4 Å². The van der Waals surface area contributed by atoms with Gasteiger partial charge in [0.05, 0.1) is 4.92 Å². The molecule has 0 bridgehead atoms. The SMILES string of the molecule is Cc1ccc(S(=O)(=O)Cl)c(C#N)c1[N+](=O)[O-]. The van der Waals surface area contributed by atoms with Gasteiger partial charge >= 0.3 is 0 Å². The van der Waals surface area contributed by atoms with Crippen molar-refractivity contribution in [2.24, 2.45) is 0 Å². The number of rotatable bonds is 2. The summed E-state index contributed by atoms with van der Waals surface area (Å²) in [5.41, 5.74) is -0.880. The zero-order valence-corrected chi connectivity index (χ0v) is 9.54. The Hall–Kier alpha value is -1.65. The molecule has 6 nitrogen and oxygen atoms in total. The topological polar surface area (TPSA) is 101 Å². The molecule has 0 saturated carbocycles. The molecule has 0 aliphatic carbocycles. The minimum Gasteiger partial charge on any atom is -0.258 e. The summed E-state index contributed by atoms with van der Waals surface area (Å²) in [4.78, 5) is 9.34. The fraction of sp³-hybridized carbons (Fsp3) is 0.125. The Balaban J connectivity index is 3.79. The molecule has 0 atom stereocenters. The summed E-state index contributed by atoms with van der Waals surface area (Å²) in [5.74, 6) is 0. The van der Waals surface area contributed by atoms with Crippen LogP contribution in [0.2, 0.25) is 0 Å². The highest BCUT2D eigenvalue weighted by Crippen LogP contribution is 2.30. The Bertz CT molecular complexity index is 603. The molecule has 0 radical (unpaired) electrons. The first-order chi connectivity index (χ1) is 7.29. The Kier molecular flexibility index (Phi) is 3.16. The fourth-order valence-corrected chi connectivity index (χ4v) is 2.23. The van der Waals surface area contributed by atoms with E-state index >= 15 is 0 Å². The average Bonchev–Trinajstić information content (AvgIpc) is 2.14. The molecular weight excluding hydrogens is 256 g/mol. The number of nitro groups is 1. The summed E-state index contributed by atoms with van der Waals surface area (Å²) in [5, 5.41) is 19.5. The van der Waals surface area contributed by atoms with Crippen LogP contribution in [0, 0.1) is 28.4 Å². The number of nitrogens with zero attached hydrogens (tertiary/aromatic N) is 2. The third kappa shape index (κ3) is 2.13. The van der Waals surface area contributed by atoms with Gasteiger partial charge in [-0.15, -0.1) is 0 Å². The summed E-state index contributed by atoms with van der Waals surface area (Å²) in [7, 11) is 0.897. The second-order valence-electron chi connectivity index (χ2n) is 2.91. The lowest BCUT2D eigenvalue weighted by atomic mass is 10.1. The van der Waals surface area contributed by atoms with E-state index in [0.29, 0.717) is 0 Å². The van der Waals surface area contributed by atoms with E-state index in [1.807, 2.05) is 0 Å². The Morgan fingerprint density at radius 2 is 2.06 bits per heavy atom. The number of halogens is 1. The second kappa shape index (κ2) is 4.08. The van der Waals surface area contributed by atoms with Crippen LogP contribution < -0.4 is 0 Å². The van der Waals surface area contributed by atoms with Crippen molar-refractivity contribution in [1.82, 2.24) is 0 Å². The van der Waals surface area contributed by atoms with Crippen molar-refractivity contribution < 1.29 is 13.3 Å². The summed E-state index contributed by atoms with van der Waals surface area (Å²) in [6.45, 7) is 1.41. The fourth-order valence-electron chi connectivity index (χ4n) is 1.22. The molecule has 0 spiro atoms. The molecule has 84 valence electrons. The van der Waals surface area contributed by atoms with Crippen LogP contribution in [0.5, 0.6) is 0 Å². The average molecular weight is 261 g/mol. The summed E-state index contributed by atoms with van der Waals surface area (Å²) < 4.78 is 22.2. The monoisotopic (exact) mass is 260 g/mol. The molecule has 8 heteroatoms. The van der Waals surface area contributed by atoms with Crippen molar-refractivity contribution in [2.75, 3.05) is 0 Å². The van der Waals surface area contributed by atoms with Gasteiger partial charge in [-0.3, -0.25) is 10.1 Å². The van der Waals surface area contributed by atoms with Gasteiger partial charge in [-0.1, -0.05) is 6.07 Å². The van der Waals surface area contributed by atoms with Crippen molar-refractivity contribution in [2.45, 2.75) is 11.8 Å². The summed E-state index contributed by atoms with van der Waals surface area (Å²) in [6, 6.07) is 3.79. The normalized spacial score (nSPS) is 10.8. The highest BCUT2D eigenvalue weighted by Gasteiger charge is 2.26. The van der Waals surface area contributed by atoms with Gasteiger partial charge in [0.1, 0.15) is 16.5 Å². The van der Waals surface area contributed by atoms with Crippen LogP contribution in [0.15, 0.2) is 17.0 Å². The van der Waals surface area contributed by atoms with Gasteiger partial charge in [-0.25, -0.2) is 8.42 Å². The predicted octanol–water partition coefficient (Wildman–Crippen LogP) is 1.70. The number of nitro benzene ring substituents is 1. The largest absolute Gasteiger partial charge is 0.291 e. The van der Waals surface area contributed by atoms with Crippen LogP contribution in [-0.2, 0) is 9.05 Å². The Labute approximate surface area is 95.6 Å². The molecule has 0 heterocycles. The molecule has 0 N–H and O–H groups in total. The quantitative estimate of drug-likeness (QED) is 0.457. The maximum absolute atomic E-state index is 11.1. The number of benzene rings is 1. The van der Waals surface area contributed by atoms with E-state index in [4.69, 9.17) is 15.9 Å². The number of aryl methyl sites for hydroxylation is 1. The van der Waals surface area contributed by atoms with Crippen molar-refractivity contribution in [3.05, 3.63) is 33.4 Å². The van der Waals surface area contributed by atoms with Crippen LogP contribution in [0.3, 0.4) is 0 Å². The number of hydrogen-bond acceptors (Lipinski definition) is 5. The first-order valence-corrected chi connectivity index (χ1v) is 6.22. The molecule has 16 heavy (non-hydrogen) atoms. The van der Waals surface area contributed by atoms with Crippen molar-refractivity contribution in [1.29, 1.82) is 5.26 Å². The maximum Gasteiger partial charge on any atom is 0.291 e. The molecule has 0 aliphatic rings. The van der Waals surface area contributed by atoms with E-state index in [-0.39, 0.29) is 5.56 Å². The van der Waals surface area contributed by atoms with E-state index in [9.17, 15) is 18.5 Å². The molecule has 0 saturated heterocycles. The first kappa shape index (κ1) is 12.4. The van der Waals surface area contributed by atoms with Gasteiger partial charge in [-0.2, -0.15) is 5.26 Å². The highest BCUT2D eigenvalue weighted by molar-refractivity contribution is 8.13. The molecule has 0 unspecified atom stereocenters. The van der Waals surface area contributed by atoms with Gasteiger partial charge in [-0.05, 0) is 13.0 Å². The molecule has 1 rings (SSSR count). The smallest absolute Gasteiger partial charge is 0.258 e. The number of nitriles is 1. The maximum atomic E-state index is 11.1. The number of hydrogen-bond donors (Lipinski definition) is 0. The van der Waals surface area contributed by atoms with Gasteiger partial charge in [0, 0.05) is 16.2 Å². The minimum absolute atomic E-state index is 0.200. The van der Waals surface area contributed by atoms with E-state index < -0.39 is 30.1 Å². The third-order valence-corrected chi connectivity index (χ3v) is 3.26. The lowest BCUT2D eigenvalue weighted by molar-refractivity contribution is -0.385. The molecular formula is C8H5ClN2O4S. The Morgan fingerprint density at radius 3 is 2.44 bits per heavy atom. The predicted molar refractivity (Wildman–Crippen MR) is 55.6 cm³/mol. The standard InChI is InChI=1S/C8H5ClN2O4S/c1-5-2-3-7(16(9,14)15)6(4-10)8(5)11(12)13/h2-3H,1H3. The van der Waals surface area contributed by atoms with Crippen LogP contribution in [-0.4, -0.2) is 13.3 Å². The van der Waals surface area contributed by atoms with Crippen LogP contribution in [0.4, 0.5) is 5.69 Å². The summed E-state index contributed by atoms with van der Waals surface area (Å²) >= 11 is 0. The van der Waals surface area contributed by atoms with E-state index in [0.717, 1.165) is 6.07 Å². The van der Waals surface area contributed by atoms with Gasteiger partial charge in [0.2, 0.25) is 0 Å². The molecule has 0 amide bonds. The molecule has 0 aromatic heterocycles. The van der Waals surface area contributed by atoms with Gasteiger partial charge in [0.15, 0.2) is 0 Å². The van der Waals surface area contributed by atoms with Crippen LogP contribution in [0.1, 0.15) is 11.1 Å². The molecule has 1 aromatic carbocycles. The summed E-state index contributed by atoms with van der Waals surface area (Å²) in [6.07, 6.45) is 0. The third-order valence-electron chi connectivity index (χ3n) is 1.90. The Morgan fingerprint density at radius 1 is 1.50 bits per heavy atom. The van der Waals surface area contributed by atoms with Crippen LogP contribution >= 0.6 is 10.7 Å². The molecule has 1 aromatic rings. The molecule has 0 aliphatic heterocycles. The van der Waals surface area contributed by atoms with Gasteiger partial charge < -0.3 is 0 Å². The van der Waals surface area contributed by atoms with E-state index in [1.165, 1.54) is 19.1 Å². The second-order valence-corrected chi connectivity index (χ2v) is 5.45. The van der Waals surface area contributed by atoms with Crippen LogP contribution in [0.25, 0.3) is 0 Å². The first-order valence-electron chi connectivity index (χ1n) is 3.91. The lowest BCUT2D eigenvalue weighted by Crippen LogP contribution is -2.02. The van der Waals surface area contributed by atoms with Crippen molar-refractivity contribution in [3.8, 4) is 6.07 Å². The zero-order valence-electron chi connectivity index (χ0n) is 7.97. The van der Waals surface area contributed by atoms with Crippen molar-refractivity contribution in [3.63, 3.8) is 0 Å². The highest BCUT2D eigenvalue weighted by atomic mass is 35.7. The van der Waals surface area contributed by atoms with E-state index in [2.05, 4.69) is 0 Å². The van der Waals surface area contributed by atoms with E-state index in [1.54, 1.807) is 0 Å². The lowest BCUT2D eigenvalue weighted by Gasteiger charge is -2.03.